The molecule has 3 aromatic rings. The molecule has 136 valence electrons. The molecule has 0 fully saturated rings. The van der Waals surface area contributed by atoms with Gasteiger partial charge in [-0.25, -0.2) is 4.68 Å². The number of carbonyl (C=O) groups excluding carboxylic acids is 1. The summed E-state index contributed by atoms with van der Waals surface area (Å²) in [6, 6.07) is 13.6. The second kappa shape index (κ2) is 7.17. The highest BCUT2D eigenvalue weighted by Crippen LogP contribution is 2.25. The molecule has 0 bridgehead atoms. The van der Waals surface area contributed by atoms with Crippen LogP contribution in [-0.4, -0.2) is 15.7 Å². The summed E-state index contributed by atoms with van der Waals surface area (Å²) < 4.78 is 7.07. The predicted molar refractivity (Wildman–Crippen MR) is 101 cm³/mol. The van der Waals surface area contributed by atoms with Crippen molar-refractivity contribution in [1.29, 1.82) is 0 Å². The van der Waals surface area contributed by atoms with E-state index in [9.17, 15) is 4.79 Å². The van der Waals surface area contributed by atoms with Crippen LogP contribution >= 0.6 is 0 Å². The third-order valence-corrected chi connectivity index (χ3v) is 4.08. The number of hydrogen-bond donors (Lipinski definition) is 2. The summed E-state index contributed by atoms with van der Waals surface area (Å²) >= 11 is 0. The number of carbonyl (C=O) groups is 1. The van der Waals surface area contributed by atoms with Crippen molar-refractivity contribution in [3.05, 3.63) is 71.3 Å². The summed E-state index contributed by atoms with van der Waals surface area (Å²) in [7, 11) is 0. The molecule has 2 heterocycles. The molecule has 0 unspecified atom stereocenters. The van der Waals surface area contributed by atoms with Gasteiger partial charge in [0.05, 0.1) is 24.3 Å². The maximum Gasteiger partial charge on any atom is 0.260 e. The highest BCUT2D eigenvalue weighted by Gasteiger charge is 2.21. The highest BCUT2D eigenvalue weighted by molar-refractivity contribution is 6.03. The van der Waals surface area contributed by atoms with E-state index in [1.54, 1.807) is 6.07 Å². The first-order valence-electron chi connectivity index (χ1n) is 8.58. The third-order valence-electron chi connectivity index (χ3n) is 4.08. The van der Waals surface area contributed by atoms with Crippen LogP contribution in [0.3, 0.4) is 0 Å². The SMILES string of the molecule is CC(C)(C)c1cc(NC(=O)c2coc(CN)c2)n(Cc2ccccc2)n1. The van der Waals surface area contributed by atoms with Crippen molar-refractivity contribution in [3.63, 3.8) is 0 Å². The van der Waals surface area contributed by atoms with Crippen molar-refractivity contribution in [2.24, 2.45) is 5.73 Å². The molecular weight excluding hydrogens is 328 g/mol. The molecule has 0 saturated heterocycles. The quantitative estimate of drug-likeness (QED) is 0.735. The van der Waals surface area contributed by atoms with Crippen LogP contribution in [-0.2, 0) is 18.5 Å². The maximum absolute atomic E-state index is 12.6. The lowest BCUT2D eigenvalue weighted by atomic mass is 9.92. The predicted octanol–water partition coefficient (Wildman–Crippen LogP) is 3.53. The Kier molecular flexibility index (Phi) is 4.95. The molecule has 0 aliphatic heterocycles. The number of aromatic nitrogens is 2. The first-order chi connectivity index (χ1) is 12.4. The molecule has 1 amide bonds. The minimum Gasteiger partial charge on any atom is -0.467 e. The summed E-state index contributed by atoms with van der Waals surface area (Å²) in [6.45, 7) is 7.12. The van der Waals surface area contributed by atoms with Gasteiger partial charge in [-0.2, -0.15) is 5.10 Å². The number of amides is 1. The highest BCUT2D eigenvalue weighted by atomic mass is 16.3. The Hall–Kier alpha value is -2.86. The molecule has 0 aliphatic carbocycles. The van der Waals surface area contributed by atoms with Gasteiger partial charge in [0, 0.05) is 11.5 Å². The first-order valence-corrected chi connectivity index (χ1v) is 8.58. The number of benzene rings is 1. The van der Waals surface area contributed by atoms with Gasteiger partial charge in [-0.1, -0.05) is 51.1 Å². The molecule has 2 aromatic heterocycles. The van der Waals surface area contributed by atoms with Crippen molar-refractivity contribution in [3.8, 4) is 0 Å². The fourth-order valence-corrected chi connectivity index (χ4v) is 2.56. The number of hydrogen-bond acceptors (Lipinski definition) is 4. The van der Waals surface area contributed by atoms with Gasteiger partial charge in [-0.15, -0.1) is 0 Å². The van der Waals surface area contributed by atoms with Crippen LogP contribution in [0.2, 0.25) is 0 Å². The van der Waals surface area contributed by atoms with Crippen LogP contribution in [0.5, 0.6) is 0 Å². The second-order valence-electron chi connectivity index (χ2n) is 7.27. The standard InChI is InChI=1S/C20H24N4O2/c1-20(2,3)17-10-18(22-19(25)15-9-16(11-21)26-13-15)24(23-17)12-14-7-5-4-6-8-14/h4-10,13H,11-12,21H2,1-3H3,(H,22,25). The first kappa shape index (κ1) is 17.9. The molecule has 1 aromatic carbocycles. The van der Waals surface area contributed by atoms with Gasteiger partial charge in [0.1, 0.15) is 17.8 Å². The molecule has 3 rings (SSSR count). The summed E-state index contributed by atoms with van der Waals surface area (Å²) in [6.07, 6.45) is 1.42. The van der Waals surface area contributed by atoms with E-state index in [1.165, 1.54) is 6.26 Å². The fraction of sp³-hybridized carbons (Fsp3) is 0.300. The molecule has 0 atom stereocenters. The van der Waals surface area contributed by atoms with Crippen molar-refractivity contribution in [2.75, 3.05) is 5.32 Å². The Bertz CT molecular complexity index is 888. The normalized spacial score (nSPS) is 11.5. The summed E-state index contributed by atoms with van der Waals surface area (Å²) in [5.41, 5.74) is 7.88. The Morgan fingerprint density at radius 3 is 2.58 bits per heavy atom. The molecule has 6 nitrogen and oxygen atoms in total. The number of nitrogens with two attached hydrogens (primary N) is 1. The van der Waals surface area contributed by atoms with Gasteiger partial charge in [0.15, 0.2) is 0 Å². The molecule has 0 aliphatic rings. The fourth-order valence-electron chi connectivity index (χ4n) is 2.56. The topological polar surface area (TPSA) is 86.1 Å². The van der Waals surface area contributed by atoms with Crippen LogP contribution in [0.4, 0.5) is 5.82 Å². The lowest BCUT2D eigenvalue weighted by molar-refractivity contribution is 0.102. The van der Waals surface area contributed by atoms with E-state index < -0.39 is 0 Å². The van der Waals surface area contributed by atoms with Gasteiger partial charge < -0.3 is 15.5 Å². The maximum atomic E-state index is 12.6. The van der Waals surface area contributed by atoms with E-state index >= 15 is 0 Å². The van der Waals surface area contributed by atoms with Crippen molar-refractivity contribution < 1.29 is 9.21 Å². The number of nitrogens with zero attached hydrogens (tertiary/aromatic N) is 2. The molecule has 0 radical (unpaired) electrons. The Labute approximate surface area is 153 Å². The molecule has 0 spiro atoms. The average Bonchev–Trinajstić information content (AvgIpc) is 3.23. The molecule has 6 heteroatoms. The zero-order valence-electron chi connectivity index (χ0n) is 15.3. The Balaban J connectivity index is 1.88. The van der Waals surface area contributed by atoms with Crippen LogP contribution in [0.1, 0.15) is 48.1 Å². The number of anilines is 1. The van der Waals surface area contributed by atoms with Gasteiger partial charge in [-0.05, 0) is 11.6 Å². The van der Waals surface area contributed by atoms with Gasteiger partial charge >= 0.3 is 0 Å². The van der Waals surface area contributed by atoms with Crippen molar-refractivity contribution in [2.45, 2.75) is 39.3 Å². The van der Waals surface area contributed by atoms with E-state index in [0.29, 0.717) is 23.7 Å². The van der Waals surface area contributed by atoms with E-state index in [4.69, 9.17) is 15.2 Å². The van der Waals surface area contributed by atoms with Crippen molar-refractivity contribution >= 4 is 11.7 Å². The van der Waals surface area contributed by atoms with Crippen LogP contribution in [0.25, 0.3) is 0 Å². The largest absolute Gasteiger partial charge is 0.467 e. The number of nitrogens with one attached hydrogen (secondary N) is 1. The smallest absolute Gasteiger partial charge is 0.260 e. The lowest BCUT2D eigenvalue weighted by Gasteiger charge is -2.14. The summed E-state index contributed by atoms with van der Waals surface area (Å²) in [5, 5.41) is 7.64. The van der Waals surface area contributed by atoms with Gasteiger partial charge in [0.25, 0.3) is 5.91 Å². The molecule has 3 N–H and O–H groups in total. The summed E-state index contributed by atoms with van der Waals surface area (Å²) in [5.74, 6) is 0.978. The van der Waals surface area contributed by atoms with E-state index in [-0.39, 0.29) is 17.9 Å². The summed E-state index contributed by atoms with van der Waals surface area (Å²) in [4.78, 5) is 12.6. The van der Waals surface area contributed by atoms with Gasteiger partial charge in [0.2, 0.25) is 0 Å². The molecule has 26 heavy (non-hydrogen) atoms. The minimum atomic E-state index is -0.247. The Morgan fingerprint density at radius 2 is 1.96 bits per heavy atom. The van der Waals surface area contributed by atoms with Crippen molar-refractivity contribution in [1.82, 2.24) is 9.78 Å². The van der Waals surface area contributed by atoms with Crippen LogP contribution in [0.15, 0.2) is 53.1 Å². The van der Waals surface area contributed by atoms with E-state index in [1.807, 2.05) is 41.1 Å². The van der Waals surface area contributed by atoms with Gasteiger partial charge in [-0.3, -0.25) is 4.79 Å². The average molecular weight is 352 g/mol. The molecule has 0 saturated carbocycles. The second-order valence-corrected chi connectivity index (χ2v) is 7.27. The van der Waals surface area contributed by atoms with Crippen LogP contribution < -0.4 is 11.1 Å². The van der Waals surface area contributed by atoms with Crippen LogP contribution in [0, 0.1) is 0 Å². The number of furan rings is 1. The minimum absolute atomic E-state index is 0.121. The Morgan fingerprint density at radius 1 is 1.23 bits per heavy atom. The van der Waals surface area contributed by atoms with E-state index in [2.05, 4.69) is 26.1 Å². The zero-order valence-corrected chi connectivity index (χ0v) is 15.3. The third kappa shape index (κ3) is 4.03. The zero-order chi connectivity index (χ0) is 18.7. The molecular formula is C20H24N4O2. The number of rotatable bonds is 5. The lowest BCUT2D eigenvalue weighted by Crippen LogP contribution is -2.16. The monoisotopic (exact) mass is 352 g/mol. The van der Waals surface area contributed by atoms with E-state index in [0.717, 1.165) is 11.3 Å².